The van der Waals surface area contributed by atoms with Crippen molar-refractivity contribution in [2.75, 3.05) is 5.32 Å². The monoisotopic (exact) mass is 360 g/mol. The van der Waals surface area contributed by atoms with Crippen molar-refractivity contribution in [2.45, 2.75) is 25.4 Å². The molecule has 2 unspecified atom stereocenters. The second-order valence-electron chi connectivity index (χ2n) is 5.93. The standard InChI is InChI=1S/C17H17ClN4O3/c1-10-5-6-13(22(24)25)8-14(10)19-17(23)16-9-15(20-21-16)11-3-2-4-12(18)7-11/h2-8,15-16,20-21H,9H2,1H3,(H,19,23). The van der Waals surface area contributed by atoms with E-state index in [4.69, 9.17) is 11.6 Å². The lowest BCUT2D eigenvalue weighted by Gasteiger charge is -2.12. The molecule has 1 aliphatic rings. The summed E-state index contributed by atoms with van der Waals surface area (Å²) >= 11 is 6.00. The molecule has 2 atom stereocenters. The van der Waals surface area contributed by atoms with Gasteiger partial charge in [0, 0.05) is 23.2 Å². The van der Waals surface area contributed by atoms with Gasteiger partial charge in [-0.05, 0) is 36.6 Å². The molecule has 0 radical (unpaired) electrons. The fourth-order valence-corrected chi connectivity index (χ4v) is 2.95. The highest BCUT2D eigenvalue weighted by Crippen LogP contribution is 2.26. The van der Waals surface area contributed by atoms with Crippen LogP contribution >= 0.6 is 11.6 Å². The second kappa shape index (κ2) is 7.18. The molecular formula is C17H17ClN4O3. The van der Waals surface area contributed by atoms with Gasteiger partial charge in [-0.1, -0.05) is 29.8 Å². The highest BCUT2D eigenvalue weighted by Gasteiger charge is 2.30. The predicted molar refractivity (Wildman–Crippen MR) is 95.3 cm³/mol. The summed E-state index contributed by atoms with van der Waals surface area (Å²) in [6.45, 7) is 1.79. The summed E-state index contributed by atoms with van der Waals surface area (Å²) in [4.78, 5) is 22.9. The first-order chi connectivity index (χ1) is 11.9. The lowest BCUT2D eigenvalue weighted by molar-refractivity contribution is -0.384. The van der Waals surface area contributed by atoms with Gasteiger partial charge >= 0.3 is 0 Å². The number of aryl methyl sites for hydroxylation is 1. The van der Waals surface area contributed by atoms with Crippen LogP contribution in [0.4, 0.5) is 11.4 Å². The molecule has 1 fully saturated rings. The van der Waals surface area contributed by atoms with Crippen LogP contribution in [0.3, 0.4) is 0 Å². The molecule has 1 saturated heterocycles. The summed E-state index contributed by atoms with van der Waals surface area (Å²) in [5.41, 5.74) is 8.17. The Balaban J connectivity index is 1.69. The lowest BCUT2D eigenvalue weighted by Crippen LogP contribution is -2.39. The van der Waals surface area contributed by atoms with Crippen molar-refractivity contribution in [1.29, 1.82) is 0 Å². The number of nitrogens with zero attached hydrogens (tertiary/aromatic N) is 1. The largest absolute Gasteiger partial charge is 0.324 e. The minimum atomic E-state index is -0.486. The van der Waals surface area contributed by atoms with Gasteiger partial charge in [0.25, 0.3) is 5.69 Å². The van der Waals surface area contributed by atoms with Gasteiger partial charge in [-0.2, -0.15) is 0 Å². The van der Waals surface area contributed by atoms with E-state index in [1.165, 1.54) is 12.1 Å². The molecule has 1 aliphatic heterocycles. The molecule has 2 aromatic rings. The molecule has 2 aromatic carbocycles. The van der Waals surface area contributed by atoms with Crippen LogP contribution in [0.25, 0.3) is 0 Å². The number of carbonyl (C=O) groups excluding carboxylic acids is 1. The van der Waals surface area contributed by atoms with E-state index in [-0.39, 0.29) is 17.6 Å². The molecule has 25 heavy (non-hydrogen) atoms. The van der Waals surface area contributed by atoms with Crippen molar-refractivity contribution in [1.82, 2.24) is 10.9 Å². The van der Waals surface area contributed by atoms with E-state index in [2.05, 4.69) is 16.2 Å². The fourth-order valence-electron chi connectivity index (χ4n) is 2.75. The zero-order valence-corrected chi connectivity index (χ0v) is 14.2. The van der Waals surface area contributed by atoms with E-state index < -0.39 is 11.0 Å². The van der Waals surface area contributed by atoms with E-state index in [0.29, 0.717) is 17.1 Å². The number of hydrogen-bond donors (Lipinski definition) is 3. The molecule has 3 rings (SSSR count). The number of hydrazine groups is 1. The molecule has 130 valence electrons. The Kier molecular flexibility index (Phi) is 4.98. The van der Waals surface area contributed by atoms with Gasteiger partial charge in [0.2, 0.25) is 5.91 Å². The molecule has 3 N–H and O–H groups in total. The zero-order chi connectivity index (χ0) is 18.0. The molecule has 1 amide bonds. The number of non-ortho nitro benzene ring substituents is 1. The Morgan fingerprint density at radius 3 is 2.80 bits per heavy atom. The fraction of sp³-hybridized carbons (Fsp3) is 0.235. The lowest BCUT2D eigenvalue weighted by atomic mass is 10.0. The molecule has 0 saturated carbocycles. The number of nitro benzene ring substituents is 1. The number of halogens is 1. The quantitative estimate of drug-likeness (QED) is 0.575. The summed E-state index contributed by atoms with van der Waals surface area (Å²) < 4.78 is 0. The maximum atomic E-state index is 12.5. The van der Waals surface area contributed by atoms with Gasteiger partial charge in [0.1, 0.15) is 6.04 Å². The number of rotatable bonds is 4. The Bertz CT molecular complexity index is 827. The molecule has 0 aliphatic carbocycles. The number of amides is 1. The normalized spacial score (nSPS) is 19.6. The van der Waals surface area contributed by atoms with Gasteiger partial charge in [-0.25, -0.2) is 10.9 Å². The Labute approximate surface area is 149 Å². The van der Waals surface area contributed by atoms with E-state index in [0.717, 1.165) is 11.1 Å². The maximum Gasteiger partial charge on any atom is 0.271 e. The third-order valence-corrected chi connectivity index (χ3v) is 4.40. The topological polar surface area (TPSA) is 96.3 Å². The van der Waals surface area contributed by atoms with Crippen molar-refractivity contribution in [3.63, 3.8) is 0 Å². The Morgan fingerprint density at radius 1 is 1.28 bits per heavy atom. The Morgan fingerprint density at radius 2 is 2.08 bits per heavy atom. The van der Waals surface area contributed by atoms with Crippen LogP contribution in [0, 0.1) is 17.0 Å². The first kappa shape index (κ1) is 17.3. The van der Waals surface area contributed by atoms with Gasteiger partial charge in [0.05, 0.1) is 10.6 Å². The third kappa shape index (κ3) is 3.96. The minimum absolute atomic E-state index is 0.0411. The number of nitro groups is 1. The zero-order valence-electron chi connectivity index (χ0n) is 13.5. The molecular weight excluding hydrogens is 344 g/mol. The molecule has 1 heterocycles. The number of benzene rings is 2. The number of nitrogens with one attached hydrogen (secondary N) is 3. The van der Waals surface area contributed by atoms with Gasteiger partial charge in [-0.15, -0.1) is 0 Å². The van der Waals surface area contributed by atoms with Crippen molar-refractivity contribution >= 4 is 28.9 Å². The highest BCUT2D eigenvalue weighted by atomic mass is 35.5. The summed E-state index contributed by atoms with van der Waals surface area (Å²) in [5.74, 6) is -0.249. The molecule has 0 bridgehead atoms. The first-order valence-electron chi connectivity index (χ1n) is 7.76. The molecule has 0 spiro atoms. The maximum absolute atomic E-state index is 12.5. The van der Waals surface area contributed by atoms with Crippen LogP contribution in [0.5, 0.6) is 0 Å². The average Bonchev–Trinajstić information content (AvgIpc) is 3.07. The van der Waals surface area contributed by atoms with Crippen molar-refractivity contribution < 1.29 is 9.72 Å². The SMILES string of the molecule is Cc1ccc([N+](=O)[O-])cc1NC(=O)C1CC(c2cccc(Cl)c2)NN1. The minimum Gasteiger partial charge on any atom is -0.324 e. The average molecular weight is 361 g/mol. The summed E-state index contributed by atoms with van der Waals surface area (Å²) in [7, 11) is 0. The second-order valence-corrected chi connectivity index (χ2v) is 6.37. The first-order valence-corrected chi connectivity index (χ1v) is 8.14. The predicted octanol–water partition coefficient (Wildman–Crippen LogP) is 3.10. The van der Waals surface area contributed by atoms with E-state index in [1.807, 2.05) is 18.2 Å². The highest BCUT2D eigenvalue weighted by molar-refractivity contribution is 6.30. The van der Waals surface area contributed by atoms with Crippen LogP contribution < -0.4 is 16.2 Å². The Hall–Kier alpha value is -2.48. The molecule has 0 aromatic heterocycles. The van der Waals surface area contributed by atoms with Crippen molar-refractivity contribution in [2.24, 2.45) is 0 Å². The summed E-state index contributed by atoms with van der Waals surface area (Å²) in [6.07, 6.45) is 0.542. The van der Waals surface area contributed by atoms with Gasteiger partial charge < -0.3 is 5.32 Å². The number of hydrogen-bond acceptors (Lipinski definition) is 5. The van der Waals surface area contributed by atoms with E-state index >= 15 is 0 Å². The van der Waals surface area contributed by atoms with Gasteiger partial charge in [0.15, 0.2) is 0 Å². The number of carbonyl (C=O) groups is 1. The van der Waals surface area contributed by atoms with Crippen LogP contribution in [-0.2, 0) is 4.79 Å². The van der Waals surface area contributed by atoms with Crippen molar-refractivity contribution in [3.05, 3.63) is 68.7 Å². The van der Waals surface area contributed by atoms with Crippen LogP contribution in [-0.4, -0.2) is 16.9 Å². The number of anilines is 1. The third-order valence-electron chi connectivity index (χ3n) is 4.16. The summed E-state index contributed by atoms with van der Waals surface area (Å²) in [6, 6.07) is 11.3. The van der Waals surface area contributed by atoms with E-state index in [9.17, 15) is 14.9 Å². The molecule has 7 nitrogen and oxygen atoms in total. The smallest absolute Gasteiger partial charge is 0.271 e. The summed E-state index contributed by atoms with van der Waals surface area (Å²) in [5, 5.41) is 14.3. The van der Waals surface area contributed by atoms with Crippen molar-refractivity contribution in [3.8, 4) is 0 Å². The van der Waals surface area contributed by atoms with Gasteiger partial charge in [-0.3, -0.25) is 14.9 Å². The van der Waals surface area contributed by atoms with Crippen LogP contribution in [0.15, 0.2) is 42.5 Å². The van der Waals surface area contributed by atoms with Crippen LogP contribution in [0.1, 0.15) is 23.6 Å². The van der Waals surface area contributed by atoms with Crippen LogP contribution in [0.2, 0.25) is 5.02 Å². The van der Waals surface area contributed by atoms with E-state index in [1.54, 1.807) is 19.1 Å². The molecule has 8 heteroatoms.